The van der Waals surface area contributed by atoms with E-state index in [0.29, 0.717) is 5.56 Å². The van der Waals surface area contributed by atoms with Crippen molar-refractivity contribution in [2.45, 2.75) is 13.0 Å². The minimum absolute atomic E-state index is 0.269. The highest BCUT2D eigenvalue weighted by atomic mass is 19.1. The number of pyridine rings is 1. The maximum atomic E-state index is 14.0. The number of hydrogen-bond acceptors (Lipinski definition) is 2. The van der Waals surface area contributed by atoms with E-state index in [0.717, 1.165) is 21.9 Å². The van der Waals surface area contributed by atoms with Gasteiger partial charge in [-0.1, -0.05) is 35.9 Å². The Bertz CT molecular complexity index is 763. The lowest BCUT2D eigenvalue weighted by molar-refractivity contribution is 0.599. The summed E-state index contributed by atoms with van der Waals surface area (Å²) in [6, 6.07) is 12.3. The van der Waals surface area contributed by atoms with Gasteiger partial charge in [-0.3, -0.25) is 4.98 Å². The molecule has 1 aromatic heterocycles. The van der Waals surface area contributed by atoms with Gasteiger partial charge in [0.1, 0.15) is 5.82 Å². The van der Waals surface area contributed by atoms with Crippen molar-refractivity contribution in [3.05, 3.63) is 77.4 Å². The molecule has 3 aromatic rings. The lowest BCUT2D eigenvalue weighted by Crippen LogP contribution is -2.14. The summed E-state index contributed by atoms with van der Waals surface area (Å²) in [5.74, 6) is -0.269. The van der Waals surface area contributed by atoms with Crippen molar-refractivity contribution in [3.63, 3.8) is 0 Å². The van der Waals surface area contributed by atoms with E-state index in [-0.39, 0.29) is 5.82 Å². The Balaban J connectivity index is 2.17. The molecule has 0 fully saturated rings. The van der Waals surface area contributed by atoms with Gasteiger partial charge in [-0.2, -0.15) is 0 Å². The molecule has 1 unspecified atom stereocenters. The Morgan fingerprint density at radius 1 is 1.10 bits per heavy atom. The zero-order valence-electron chi connectivity index (χ0n) is 11.2. The van der Waals surface area contributed by atoms with Gasteiger partial charge in [0.05, 0.1) is 6.04 Å². The third-order valence-corrected chi connectivity index (χ3v) is 3.54. The van der Waals surface area contributed by atoms with Gasteiger partial charge < -0.3 is 5.73 Å². The summed E-state index contributed by atoms with van der Waals surface area (Å²) in [6.07, 6.45) is 3.52. The van der Waals surface area contributed by atoms with Crippen LogP contribution < -0.4 is 5.73 Å². The number of halogens is 1. The number of benzene rings is 2. The van der Waals surface area contributed by atoms with Gasteiger partial charge in [-0.15, -0.1) is 0 Å². The van der Waals surface area contributed by atoms with Crippen LogP contribution >= 0.6 is 0 Å². The van der Waals surface area contributed by atoms with Crippen molar-refractivity contribution in [3.8, 4) is 0 Å². The van der Waals surface area contributed by atoms with Gasteiger partial charge in [0, 0.05) is 23.3 Å². The summed E-state index contributed by atoms with van der Waals surface area (Å²) in [5.41, 5.74) is 8.72. The molecule has 0 aliphatic carbocycles. The Labute approximate surface area is 117 Å². The van der Waals surface area contributed by atoms with Gasteiger partial charge in [0.2, 0.25) is 0 Å². The van der Waals surface area contributed by atoms with Crippen LogP contribution in [0.1, 0.15) is 22.7 Å². The fourth-order valence-corrected chi connectivity index (χ4v) is 2.49. The van der Waals surface area contributed by atoms with E-state index in [1.165, 1.54) is 6.07 Å². The molecule has 0 saturated heterocycles. The first-order chi connectivity index (χ1) is 9.66. The summed E-state index contributed by atoms with van der Waals surface area (Å²) >= 11 is 0. The van der Waals surface area contributed by atoms with Crippen molar-refractivity contribution >= 4 is 10.8 Å². The van der Waals surface area contributed by atoms with E-state index < -0.39 is 6.04 Å². The summed E-state index contributed by atoms with van der Waals surface area (Å²) in [7, 11) is 0. The van der Waals surface area contributed by atoms with Gasteiger partial charge in [-0.05, 0) is 30.0 Å². The van der Waals surface area contributed by atoms with E-state index in [1.54, 1.807) is 24.5 Å². The molecule has 0 aliphatic heterocycles. The number of rotatable bonds is 2. The highest BCUT2D eigenvalue weighted by Gasteiger charge is 2.16. The quantitative estimate of drug-likeness (QED) is 0.767. The molecule has 0 radical (unpaired) electrons. The molecular formula is C17H15FN2. The largest absolute Gasteiger partial charge is 0.320 e. The van der Waals surface area contributed by atoms with E-state index in [1.807, 2.05) is 31.2 Å². The third-order valence-electron chi connectivity index (χ3n) is 3.54. The van der Waals surface area contributed by atoms with Gasteiger partial charge in [0.15, 0.2) is 0 Å². The first-order valence-corrected chi connectivity index (χ1v) is 6.51. The highest BCUT2D eigenvalue weighted by molar-refractivity contribution is 5.85. The van der Waals surface area contributed by atoms with Crippen molar-refractivity contribution in [1.29, 1.82) is 0 Å². The molecular weight excluding hydrogens is 251 g/mol. The maximum absolute atomic E-state index is 14.0. The summed E-state index contributed by atoms with van der Waals surface area (Å²) in [4.78, 5) is 4.10. The molecule has 2 N–H and O–H groups in total. The van der Waals surface area contributed by atoms with Crippen LogP contribution in [0.25, 0.3) is 10.8 Å². The van der Waals surface area contributed by atoms with Crippen LogP contribution in [-0.2, 0) is 0 Å². The molecule has 0 amide bonds. The average Bonchev–Trinajstić information content (AvgIpc) is 2.48. The topological polar surface area (TPSA) is 38.9 Å². The first kappa shape index (κ1) is 12.8. The molecule has 1 atom stereocenters. The number of nitrogens with two attached hydrogens (primary N) is 1. The van der Waals surface area contributed by atoms with Crippen LogP contribution in [0.4, 0.5) is 4.39 Å². The zero-order valence-corrected chi connectivity index (χ0v) is 11.2. The van der Waals surface area contributed by atoms with Gasteiger partial charge in [0.25, 0.3) is 0 Å². The predicted molar refractivity (Wildman–Crippen MR) is 78.9 cm³/mol. The Morgan fingerprint density at radius 2 is 1.95 bits per heavy atom. The molecule has 0 saturated carbocycles. The molecule has 2 nitrogen and oxygen atoms in total. The van der Waals surface area contributed by atoms with E-state index in [2.05, 4.69) is 4.98 Å². The molecule has 0 aliphatic rings. The van der Waals surface area contributed by atoms with E-state index in [9.17, 15) is 4.39 Å². The van der Waals surface area contributed by atoms with Crippen molar-refractivity contribution in [2.24, 2.45) is 5.73 Å². The lowest BCUT2D eigenvalue weighted by atomic mass is 9.94. The summed E-state index contributed by atoms with van der Waals surface area (Å²) in [6.45, 7) is 1.93. The van der Waals surface area contributed by atoms with Crippen molar-refractivity contribution in [1.82, 2.24) is 4.98 Å². The SMILES string of the molecule is Cc1ccc(F)c(C(N)c2cccc3cnccc23)c1. The fourth-order valence-electron chi connectivity index (χ4n) is 2.49. The monoisotopic (exact) mass is 266 g/mol. The molecule has 3 heteroatoms. The average molecular weight is 266 g/mol. The number of hydrogen-bond donors (Lipinski definition) is 1. The molecule has 2 aromatic carbocycles. The van der Waals surface area contributed by atoms with Crippen LogP contribution in [-0.4, -0.2) is 4.98 Å². The normalized spacial score (nSPS) is 12.6. The van der Waals surface area contributed by atoms with Gasteiger partial charge >= 0.3 is 0 Å². The summed E-state index contributed by atoms with van der Waals surface area (Å²) in [5, 5.41) is 2.02. The second kappa shape index (κ2) is 5.02. The zero-order chi connectivity index (χ0) is 14.1. The number of aryl methyl sites for hydroxylation is 1. The van der Waals surface area contributed by atoms with Crippen LogP contribution in [0.15, 0.2) is 54.9 Å². The lowest BCUT2D eigenvalue weighted by Gasteiger charge is -2.16. The molecule has 0 bridgehead atoms. The second-order valence-electron chi connectivity index (χ2n) is 4.95. The Morgan fingerprint density at radius 3 is 2.80 bits per heavy atom. The molecule has 100 valence electrons. The number of aromatic nitrogens is 1. The molecule has 3 rings (SSSR count). The van der Waals surface area contributed by atoms with Gasteiger partial charge in [-0.25, -0.2) is 4.39 Å². The van der Waals surface area contributed by atoms with Crippen LogP contribution in [0, 0.1) is 12.7 Å². The summed E-state index contributed by atoms with van der Waals surface area (Å²) < 4.78 is 14.0. The fraction of sp³-hybridized carbons (Fsp3) is 0.118. The first-order valence-electron chi connectivity index (χ1n) is 6.51. The predicted octanol–water partition coefficient (Wildman–Crippen LogP) is 3.73. The van der Waals surface area contributed by atoms with Crippen LogP contribution in [0.5, 0.6) is 0 Å². The molecule has 1 heterocycles. The van der Waals surface area contributed by atoms with Crippen molar-refractivity contribution < 1.29 is 4.39 Å². The Hall–Kier alpha value is -2.26. The van der Waals surface area contributed by atoms with Crippen LogP contribution in [0.2, 0.25) is 0 Å². The number of nitrogens with zero attached hydrogens (tertiary/aromatic N) is 1. The minimum Gasteiger partial charge on any atom is -0.320 e. The van der Waals surface area contributed by atoms with Crippen LogP contribution in [0.3, 0.4) is 0 Å². The molecule has 0 spiro atoms. The maximum Gasteiger partial charge on any atom is 0.128 e. The molecule has 20 heavy (non-hydrogen) atoms. The second-order valence-corrected chi connectivity index (χ2v) is 4.95. The van der Waals surface area contributed by atoms with Crippen molar-refractivity contribution in [2.75, 3.05) is 0 Å². The number of fused-ring (bicyclic) bond motifs is 1. The van der Waals surface area contributed by atoms with E-state index >= 15 is 0 Å². The van der Waals surface area contributed by atoms with E-state index in [4.69, 9.17) is 5.73 Å². The highest BCUT2D eigenvalue weighted by Crippen LogP contribution is 2.28. The smallest absolute Gasteiger partial charge is 0.128 e. The standard InChI is InChI=1S/C17H15FN2/c1-11-5-6-16(18)15(9-11)17(19)14-4-2-3-12-10-20-8-7-13(12)14/h2-10,17H,19H2,1H3. The minimum atomic E-state index is -0.485. The Kier molecular flexibility index (Phi) is 3.20. The third kappa shape index (κ3) is 2.17.